The van der Waals surface area contributed by atoms with Gasteiger partial charge in [0.25, 0.3) is 5.91 Å². The minimum absolute atomic E-state index is 0.396. The molecule has 2 N–H and O–H groups in total. The van der Waals surface area contributed by atoms with Gasteiger partial charge < -0.3 is 10.1 Å². The number of rotatable bonds is 4. The Bertz CT molecular complexity index is 908. The van der Waals surface area contributed by atoms with Crippen molar-refractivity contribution >= 4 is 28.8 Å². The fourth-order valence-corrected chi connectivity index (χ4v) is 3.34. The van der Waals surface area contributed by atoms with Crippen LogP contribution >= 0.6 is 0 Å². The Balaban J connectivity index is 1.86. The van der Waals surface area contributed by atoms with Crippen LogP contribution in [0.4, 0.5) is 4.79 Å². The Morgan fingerprint density at radius 3 is 2.74 bits per heavy atom. The number of fused-ring (bicyclic) bond motifs is 2. The first kappa shape index (κ1) is 18.8. The van der Waals surface area contributed by atoms with E-state index in [1.165, 1.54) is 0 Å². The van der Waals surface area contributed by atoms with Gasteiger partial charge in [0, 0.05) is 17.6 Å². The lowest BCUT2D eigenvalue weighted by Gasteiger charge is -2.20. The van der Waals surface area contributed by atoms with E-state index >= 15 is 0 Å². The molecule has 1 aliphatic carbocycles. The summed E-state index contributed by atoms with van der Waals surface area (Å²) in [6.45, 7) is 3.57. The highest BCUT2D eigenvalue weighted by molar-refractivity contribution is 6.06. The third-order valence-corrected chi connectivity index (χ3v) is 4.55. The zero-order valence-corrected chi connectivity index (χ0v) is 15.6. The summed E-state index contributed by atoms with van der Waals surface area (Å²) in [5.41, 5.74) is 4.09. The van der Waals surface area contributed by atoms with Crippen molar-refractivity contribution in [2.24, 2.45) is 0 Å². The average Bonchev–Trinajstić information content (AvgIpc) is 2.64. The van der Waals surface area contributed by atoms with Crippen LogP contribution in [0.25, 0.3) is 10.9 Å². The average molecular weight is 369 g/mol. The van der Waals surface area contributed by atoms with E-state index in [1.54, 1.807) is 6.92 Å². The predicted octanol–water partition coefficient (Wildman–Crippen LogP) is 2.42. The Labute approximate surface area is 157 Å². The van der Waals surface area contributed by atoms with Gasteiger partial charge in [0.2, 0.25) is 0 Å². The lowest BCUT2D eigenvalue weighted by Crippen LogP contribution is -2.41. The number of ether oxygens (including phenoxy) is 1. The number of imide groups is 1. The Kier molecular flexibility index (Phi) is 5.69. The second-order valence-electron chi connectivity index (χ2n) is 6.62. The number of urea groups is 1. The number of pyridine rings is 1. The standard InChI is InChI=1S/C20H23N3O4/c1-3-21-20(26)23-17(24)11-27-19(25)18-13-6-4-5-7-15(13)22-16-9-8-12(2)10-14(16)18/h8-10H,3-7,11H2,1-2H3,(H2,21,23,24,26). The van der Waals surface area contributed by atoms with Crippen LogP contribution in [-0.4, -0.2) is 36.0 Å². The zero-order valence-electron chi connectivity index (χ0n) is 15.6. The fraction of sp³-hybridized carbons (Fsp3) is 0.400. The minimum atomic E-state index is -0.669. The summed E-state index contributed by atoms with van der Waals surface area (Å²) in [4.78, 5) is 40.7. The third kappa shape index (κ3) is 4.24. The van der Waals surface area contributed by atoms with Gasteiger partial charge in [-0.2, -0.15) is 0 Å². The van der Waals surface area contributed by atoms with Gasteiger partial charge in [0.15, 0.2) is 6.61 Å². The maximum Gasteiger partial charge on any atom is 0.339 e. The molecule has 3 amide bonds. The normalized spacial score (nSPS) is 13.0. The number of hydrogen-bond acceptors (Lipinski definition) is 5. The van der Waals surface area contributed by atoms with Gasteiger partial charge in [0.05, 0.1) is 11.1 Å². The molecule has 0 unspecified atom stereocenters. The van der Waals surface area contributed by atoms with Crippen molar-refractivity contribution in [3.8, 4) is 0 Å². The molecule has 0 radical (unpaired) electrons. The number of amides is 3. The van der Waals surface area contributed by atoms with Crippen molar-refractivity contribution in [1.29, 1.82) is 0 Å². The first-order chi connectivity index (χ1) is 13.0. The first-order valence-corrected chi connectivity index (χ1v) is 9.16. The molecular weight excluding hydrogens is 346 g/mol. The third-order valence-electron chi connectivity index (χ3n) is 4.55. The highest BCUT2D eigenvalue weighted by Gasteiger charge is 2.24. The smallest absolute Gasteiger partial charge is 0.339 e. The number of aromatic nitrogens is 1. The fourth-order valence-electron chi connectivity index (χ4n) is 3.34. The Morgan fingerprint density at radius 1 is 1.19 bits per heavy atom. The van der Waals surface area contributed by atoms with Crippen molar-refractivity contribution in [1.82, 2.24) is 15.6 Å². The molecule has 7 heteroatoms. The van der Waals surface area contributed by atoms with Gasteiger partial charge in [-0.1, -0.05) is 11.6 Å². The number of hydrogen-bond donors (Lipinski definition) is 2. The number of carbonyl (C=O) groups is 3. The molecule has 1 heterocycles. The molecule has 3 rings (SSSR count). The van der Waals surface area contributed by atoms with E-state index < -0.39 is 24.5 Å². The topological polar surface area (TPSA) is 97.4 Å². The summed E-state index contributed by atoms with van der Waals surface area (Å²) in [5, 5.41) is 5.31. The number of nitrogens with one attached hydrogen (secondary N) is 2. The first-order valence-electron chi connectivity index (χ1n) is 9.16. The highest BCUT2D eigenvalue weighted by Crippen LogP contribution is 2.30. The van der Waals surface area contributed by atoms with Crippen LogP contribution in [0.5, 0.6) is 0 Å². The molecule has 0 spiro atoms. The van der Waals surface area contributed by atoms with Crippen LogP contribution in [0.3, 0.4) is 0 Å². The summed E-state index contributed by atoms with van der Waals surface area (Å²) in [7, 11) is 0. The Hall–Kier alpha value is -2.96. The summed E-state index contributed by atoms with van der Waals surface area (Å²) in [6, 6.07) is 5.17. The van der Waals surface area contributed by atoms with Crippen molar-refractivity contribution in [3.63, 3.8) is 0 Å². The summed E-state index contributed by atoms with van der Waals surface area (Å²) in [6.07, 6.45) is 3.63. The van der Waals surface area contributed by atoms with Crippen LogP contribution < -0.4 is 10.6 Å². The molecule has 27 heavy (non-hydrogen) atoms. The largest absolute Gasteiger partial charge is 0.452 e. The Morgan fingerprint density at radius 2 is 1.96 bits per heavy atom. The molecule has 1 aromatic heterocycles. The summed E-state index contributed by atoms with van der Waals surface area (Å²) >= 11 is 0. The number of aryl methyl sites for hydroxylation is 2. The van der Waals surface area contributed by atoms with E-state index in [1.807, 2.05) is 25.1 Å². The van der Waals surface area contributed by atoms with Gasteiger partial charge in [-0.25, -0.2) is 9.59 Å². The molecule has 0 fully saturated rings. The number of esters is 1. The maximum absolute atomic E-state index is 12.8. The van der Waals surface area contributed by atoms with E-state index in [0.29, 0.717) is 12.1 Å². The number of carbonyl (C=O) groups excluding carboxylic acids is 3. The lowest BCUT2D eigenvalue weighted by atomic mass is 9.89. The summed E-state index contributed by atoms with van der Waals surface area (Å²) in [5.74, 6) is -1.23. The van der Waals surface area contributed by atoms with Crippen molar-refractivity contribution in [3.05, 3.63) is 40.6 Å². The molecule has 0 aliphatic heterocycles. The van der Waals surface area contributed by atoms with Gasteiger partial charge in [0.1, 0.15) is 0 Å². The minimum Gasteiger partial charge on any atom is -0.452 e. The zero-order chi connectivity index (χ0) is 19.4. The van der Waals surface area contributed by atoms with Crippen LogP contribution in [-0.2, 0) is 22.4 Å². The molecule has 2 aromatic rings. The van der Waals surface area contributed by atoms with Gasteiger partial charge in [-0.3, -0.25) is 15.1 Å². The molecule has 0 atom stereocenters. The van der Waals surface area contributed by atoms with Crippen LogP contribution in [0.15, 0.2) is 18.2 Å². The molecule has 0 bridgehead atoms. The molecule has 0 saturated carbocycles. The molecule has 1 aromatic carbocycles. The SMILES string of the molecule is CCNC(=O)NC(=O)COC(=O)c1c2c(nc3ccc(C)cc13)CCCC2. The van der Waals surface area contributed by atoms with E-state index in [9.17, 15) is 14.4 Å². The van der Waals surface area contributed by atoms with E-state index in [4.69, 9.17) is 9.72 Å². The maximum atomic E-state index is 12.8. The molecule has 7 nitrogen and oxygen atoms in total. The summed E-state index contributed by atoms with van der Waals surface area (Å²) < 4.78 is 5.22. The molecule has 1 aliphatic rings. The molecule has 142 valence electrons. The van der Waals surface area contributed by atoms with Crippen molar-refractivity contribution in [2.75, 3.05) is 13.2 Å². The number of nitrogens with zero attached hydrogens (tertiary/aromatic N) is 1. The highest BCUT2D eigenvalue weighted by atomic mass is 16.5. The van der Waals surface area contributed by atoms with E-state index in [-0.39, 0.29) is 0 Å². The molecule has 0 saturated heterocycles. The van der Waals surface area contributed by atoms with Crippen LogP contribution in [0.1, 0.15) is 46.9 Å². The van der Waals surface area contributed by atoms with Crippen molar-refractivity contribution < 1.29 is 19.1 Å². The van der Waals surface area contributed by atoms with E-state index in [0.717, 1.165) is 53.4 Å². The van der Waals surface area contributed by atoms with Gasteiger partial charge in [-0.05, 0) is 57.2 Å². The monoisotopic (exact) mass is 369 g/mol. The quantitative estimate of drug-likeness (QED) is 0.807. The van der Waals surface area contributed by atoms with Crippen LogP contribution in [0, 0.1) is 6.92 Å². The van der Waals surface area contributed by atoms with E-state index in [2.05, 4.69) is 10.6 Å². The molecular formula is C20H23N3O4. The second kappa shape index (κ2) is 8.16. The van der Waals surface area contributed by atoms with Gasteiger partial charge >= 0.3 is 12.0 Å². The second-order valence-corrected chi connectivity index (χ2v) is 6.62. The van der Waals surface area contributed by atoms with Crippen molar-refractivity contribution in [2.45, 2.75) is 39.5 Å². The number of benzene rings is 1. The van der Waals surface area contributed by atoms with Crippen LogP contribution in [0.2, 0.25) is 0 Å². The lowest BCUT2D eigenvalue weighted by molar-refractivity contribution is -0.123. The van der Waals surface area contributed by atoms with Gasteiger partial charge in [-0.15, -0.1) is 0 Å². The predicted molar refractivity (Wildman–Crippen MR) is 101 cm³/mol.